The van der Waals surface area contributed by atoms with Crippen LogP contribution in [-0.4, -0.2) is 32.8 Å². The SMILES string of the molecule is Cc1nc(-c2ccncc2)[nH]c(=O)c1CCC(=O)N(C)C(C)c1ccco1. The van der Waals surface area contributed by atoms with E-state index in [1.165, 1.54) is 0 Å². The number of carbonyl (C=O) groups excluding carboxylic acids is 1. The summed E-state index contributed by atoms with van der Waals surface area (Å²) in [4.78, 5) is 37.9. The van der Waals surface area contributed by atoms with E-state index in [2.05, 4.69) is 15.0 Å². The van der Waals surface area contributed by atoms with Crippen molar-refractivity contribution >= 4 is 5.91 Å². The van der Waals surface area contributed by atoms with Gasteiger partial charge in [0.25, 0.3) is 5.56 Å². The average molecular weight is 366 g/mol. The van der Waals surface area contributed by atoms with Gasteiger partial charge in [0.05, 0.1) is 12.3 Å². The Bertz CT molecular complexity index is 965. The molecule has 0 aliphatic carbocycles. The van der Waals surface area contributed by atoms with Crippen LogP contribution >= 0.6 is 0 Å². The number of hydrogen-bond donors (Lipinski definition) is 1. The average Bonchev–Trinajstić information content (AvgIpc) is 3.21. The molecule has 0 aliphatic heterocycles. The molecule has 1 atom stereocenters. The number of carbonyl (C=O) groups is 1. The van der Waals surface area contributed by atoms with Gasteiger partial charge in [0.1, 0.15) is 11.6 Å². The molecule has 1 amide bonds. The molecule has 3 rings (SSSR count). The Hall–Kier alpha value is -3.22. The molecule has 0 saturated heterocycles. The number of amides is 1. The summed E-state index contributed by atoms with van der Waals surface area (Å²) in [5.74, 6) is 1.16. The Labute approximate surface area is 157 Å². The summed E-state index contributed by atoms with van der Waals surface area (Å²) in [6.07, 6.45) is 5.43. The van der Waals surface area contributed by atoms with Gasteiger partial charge in [-0.25, -0.2) is 4.98 Å². The molecule has 0 fully saturated rings. The van der Waals surface area contributed by atoms with Gasteiger partial charge >= 0.3 is 0 Å². The van der Waals surface area contributed by atoms with Crippen molar-refractivity contribution in [3.8, 4) is 11.4 Å². The van der Waals surface area contributed by atoms with E-state index in [0.29, 0.717) is 23.5 Å². The fourth-order valence-corrected chi connectivity index (χ4v) is 2.90. The molecule has 7 nitrogen and oxygen atoms in total. The summed E-state index contributed by atoms with van der Waals surface area (Å²) in [5, 5.41) is 0. The number of pyridine rings is 1. The molecule has 0 bridgehead atoms. The van der Waals surface area contributed by atoms with Gasteiger partial charge in [-0.05, 0) is 44.5 Å². The largest absolute Gasteiger partial charge is 0.467 e. The van der Waals surface area contributed by atoms with Crippen LogP contribution in [0.2, 0.25) is 0 Å². The van der Waals surface area contributed by atoms with Crippen molar-refractivity contribution in [1.29, 1.82) is 0 Å². The highest BCUT2D eigenvalue weighted by Crippen LogP contribution is 2.20. The van der Waals surface area contributed by atoms with Gasteiger partial charge in [0.15, 0.2) is 0 Å². The van der Waals surface area contributed by atoms with Gasteiger partial charge in [-0.2, -0.15) is 0 Å². The number of nitrogens with zero attached hydrogens (tertiary/aromatic N) is 3. The fourth-order valence-electron chi connectivity index (χ4n) is 2.90. The smallest absolute Gasteiger partial charge is 0.254 e. The third-order valence-corrected chi connectivity index (χ3v) is 4.69. The van der Waals surface area contributed by atoms with Gasteiger partial charge in [-0.1, -0.05) is 0 Å². The van der Waals surface area contributed by atoms with E-state index in [-0.39, 0.29) is 23.9 Å². The molecule has 0 saturated carbocycles. The van der Waals surface area contributed by atoms with E-state index in [4.69, 9.17) is 4.42 Å². The van der Waals surface area contributed by atoms with E-state index < -0.39 is 0 Å². The third-order valence-electron chi connectivity index (χ3n) is 4.69. The highest BCUT2D eigenvalue weighted by Gasteiger charge is 2.20. The first-order chi connectivity index (χ1) is 13.0. The van der Waals surface area contributed by atoms with Crippen LogP contribution in [0.5, 0.6) is 0 Å². The van der Waals surface area contributed by atoms with Crippen LogP contribution in [0.25, 0.3) is 11.4 Å². The van der Waals surface area contributed by atoms with Crippen LogP contribution in [0.4, 0.5) is 0 Å². The molecule has 1 N–H and O–H groups in total. The molecule has 3 heterocycles. The second-order valence-corrected chi connectivity index (χ2v) is 6.41. The number of nitrogens with one attached hydrogen (secondary N) is 1. The Balaban J connectivity index is 1.71. The van der Waals surface area contributed by atoms with Crippen LogP contribution in [0.3, 0.4) is 0 Å². The first kappa shape index (κ1) is 18.6. The summed E-state index contributed by atoms with van der Waals surface area (Å²) in [6, 6.07) is 7.03. The molecule has 1 unspecified atom stereocenters. The van der Waals surface area contributed by atoms with Crippen LogP contribution in [0.15, 0.2) is 52.1 Å². The van der Waals surface area contributed by atoms with Gasteiger partial charge in [-0.15, -0.1) is 0 Å². The number of rotatable bonds is 6. The highest BCUT2D eigenvalue weighted by molar-refractivity contribution is 5.76. The van der Waals surface area contributed by atoms with Gasteiger partial charge < -0.3 is 14.3 Å². The lowest BCUT2D eigenvalue weighted by atomic mass is 10.1. The predicted octanol–water partition coefficient (Wildman–Crippen LogP) is 2.89. The lowest BCUT2D eigenvalue weighted by Crippen LogP contribution is -2.30. The molecule has 27 heavy (non-hydrogen) atoms. The normalized spacial score (nSPS) is 12.0. The maximum atomic E-state index is 12.5. The van der Waals surface area contributed by atoms with Crippen molar-refractivity contribution in [2.45, 2.75) is 32.7 Å². The first-order valence-electron chi connectivity index (χ1n) is 8.76. The zero-order valence-corrected chi connectivity index (χ0v) is 15.6. The Morgan fingerprint density at radius 1 is 1.30 bits per heavy atom. The molecule has 3 aromatic rings. The van der Waals surface area contributed by atoms with Gasteiger partial charge in [-0.3, -0.25) is 14.6 Å². The van der Waals surface area contributed by atoms with Crippen molar-refractivity contribution in [2.24, 2.45) is 0 Å². The Morgan fingerprint density at radius 3 is 2.67 bits per heavy atom. The fraction of sp³-hybridized carbons (Fsp3) is 0.300. The molecule has 0 radical (unpaired) electrons. The van der Waals surface area contributed by atoms with E-state index >= 15 is 0 Å². The molecule has 140 valence electrons. The molecule has 7 heteroatoms. The van der Waals surface area contributed by atoms with Crippen LogP contribution in [-0.2, 0) is 11.2 Å². The van der Waals surface area contributed by atoms with Crippen LogP contribution in [0.1, 0.15) is 36.4 Å². The number of H-pyrrole nitrogens is 1. The van der Waals surface area contributed by atoms with E-state index in [9.17, 15) is 9.59 Å². The number of aromatic amines is 1. The topological polar surface area (TPSA) is 92.1 Å². The van der Waals surface area contributed by atoms with Crippen LogP contribution in [0, 0.1) is 6.92 Å². The number of hydrogen-bond acceptors (Lipinski definition) is 5. The zero-order valence-electron chi connectivity index (χ0n) is 15.6. The van der Waals surface area contributed by atoms with Crippen LogP contribution < -0.4 is 5.56 Å². The molecular formula is C20H22N4O3. The second-order valence-electron chi connectivity index (χ2n) is 6.41. The summed E-state index contributed by atoms with van der Waals surface area (Å²) >= 11 is 0. The van der Waals surface area contributed by atoms with E-state index in [1.807, 2.05) is 13.0 Å². The summed E-state index contributed by atoms with van der Waals surface area (Å²) < 4.78 is 5.36. The minimum atomic E-state index is -0.219. The van der Waals surface area contributed by atoms with Crippen molar-refractivity contribution in [3.05, 3.63) is 70.3 Å². The van der Waals surface area contributed by atoms with E-state index in [0.717, 1.165) is 11.3 Å². The van der Waals surface area contributed by atoms with Crippen molar-refractivity contribution < 1.29 is 9.21 Å². The Kier molecular flexibility index (Phi) is 5.49. The summed E-state index contributed by atoms with van der Waals surface area (Å²) in [7, 11) is 1.73. The maximum absolute atomic E-state index is 12.5. The monoisotopic (exact) mass is 366 g/mol. The highest BCUT2D eigenvalue weighted by atomic mass is 16.3. The Morgan fingerprint density at radius 2 is 2.04 bits per heavy atom. The quantitative estimate of drug-likeness (QED) is 0.724. The lowest BCUT2D eigenvalue weighted by Gasteiger charge is -2.23. The lowest BCUT2D eigenvalue weighted by molar-refractivity contribution is -0.132. The summed E-state index contributed by atoms with van der Waals surface area (Å²) in [6.45, 7) is 3.69. The number of aryl methyl sites for hydroxylation is 1. The zero-order chi connectivity index (χ0) is 19.4. The third kappa shape index (κ3) is 4.13. The minimum Gasteiger partial charge on any atom is -0.467 e. The molecule has 3 aromatic heterocycles. The molecule has 0 aliphatic rings. The number of furan rings is 1. The second kappa shape index (κ2) is 7.99. The number of aromatic nitrogens is 3. The molecular weight excluding hydrogens is 344 g/mol. The van der Waals surface area contributed by atoms with Gasteiger partial charge in [0, 0.05) is 42.7 Å². The van der Waals surface area contributed by atoms with Gasteiger partial charge in [0.2, 0.25) is 5.91 Å². The first-order valence-corrected chi connectivity index (χ1v) is 8.76. The van der Waals surface area contributed by atoms with Crippen molar-refractivity contribution in [2.75, 3.05) is 7.05 Å². The maximum Gasteiger partial charge on any atom is 0.254 e. The molecule has 0 aromatic carbocycles. The summed E-state index contributed by atoms with van der Waals surface area (Å²) in [5.41, 5.74) is 1.73. The van der Waals surface area contributed by atoms with Crippen molar-refractivity contribution in [3.63, 3.8) is 0 Å². The standard InChI is InChI=1S/C20H22N4O3/c1-13-16(20(26)23-19(22-13)15-8-10-21-11-9-15)6-7-18(25)24(3)14(2)17-5-4-12-27-17/h4-5,8-12,14H,6-7H2,1-3H3,(H,22,23,26). The molecule has 0 spiro atoms. The minimum absolute atomic E-state index is 0.0593. The van der Waals surface area contributed by atoms with E-state index in [1.54, 1.807) is 55.7 Å². The van der Waals surface area contributed by atoms with Crippen molar-refractivity contribution in [1.82, 2.24) is 19.9 Å². The predicted molar refractivity (Wildman–Crippen MR) is 101 cm³/mol.